The van der Waals surface area contributed by atoms with E-state index < -0.39 is 6.10 Å². The van der Waals surface area contributed by atoms with E-state index in [1.807, 2.05) is 6.92 Å². The molecule has 1 rings (SSSR count). The van der Waals surface area contributed by atoms with Gasteiger partial charge in [-0.1, -0.05) is 0 Å². The molecule has 0 aromatic carbocycles. The molecule has 16 heavy (non-hydrogen) atoms. The summed E-state index contributed by atoms with van der Waals surface area (Å²) in [5, 5.41) is 21.9. The summed E-state index contributed by atoms with van der Waals surface area (Å²) in [7, 11) is 1.62. The molecule has 1 aliphatic carbocycles. The zero-order valence-corrected chi connectivity index (χ0v) is 10.1. The fraction of sp³-hybridized carbons (Fsp3) is 1.00. The number of aliphatic hydroxyl groups excluding tert-OH is 2. The predicted molar refractivity (Wildman–Crippen MR) is 60.4 cm³/mol. The molecule has 2 unspecified atom stereocenters. The number of β-amino-alcohol motifs (C(OH)–C–C–N with tert-alkyl or cyclic N) is 1. The number of aliphatic hydroxyl groups is 2. The van der Waals surface area contributed by atoms with Gasteiger partial charge in [0.25, 0.3) is 0 Å². The second-order valence-corrected chi connectivity index (χ2v) is 4.57. The summed E-state index contributed by atoms with van der Waals surface area (Å²) in [5.41, 5.74) is -0.126. The fourth-order valence-electron chi connectivity index (χ4n) is 1.49. The van der Waals surface area contributed by atoms with Crippen LogP contribution in [0.15, 0.2) is 0 Å². The molecule has 2 atom stereocenters. The molecule has 5 heteroatoms. The van der Waals surface area contributed by atoms with Crippen LogP contribution in [0.1, 0.15) is 19.8 Å². The van der Waals surface area contributed by atoms with E-state index in [1.165, 1.54) is 0 Å². The van der Waals surface area contributed by atoms with Crippen LogP contribution < -0.4 is 5.32 Å². The molecular formula is C11H23NO4. The Morgan fingerprint density at radius 1 is 1.38 bits per heavy atom. The summed E-state index contributed by atoms with van der Waals surface area (Å²) >= 11 is 0. The topological polar surface area (TPSA) is 71.0 Å². The van der Waals surface area contributed by atoms with Crippen LogP contribution in [-0.2, 0) is 9.47 Å². The van der Waals surface area contributed by atoms with Crippen LogP contribution >= 0.6 is 0 Å². The Labute approximate surface area is 96.7 Å². The van der Waals surface area contributed by atoms with E-state index >= 15 is 0 Å². The van der Waals surface area contributed by atoms with Crippen molar-refractivity contribution in [1.29, 1.82) is 0 Å². The first-order valence-electron chi connectivity index (χ1n) is 5.76. The molecule has 0 amide bonds. The minimum atomic E-state index is -0.539. The molecule has 0 bridgehead atoms. The maximum atomic E-state index is 9.64. The molecule has 0 spiro atoms. The smallest absolute Gasteiger partial charge is 0.0898 e. The van der Waals surface area contributed by atoms with Crippen molar-refractivity contribution in [2.75, 3.05) is 33.5 Å². The Bertz CT molecular complexity index is 196. The Hall–Kier alpha value is -0.200. The number of nitrogens with one attached hydrogen (secondary N) is 1. The summed E-state index contributed by atoms with van der Waals surface area (Å²) in [4.78, 5) is 0. The van der Waals surface area contributed by atoms with Gasteiger partial charge >= 0.3 is 0 Å². The highest BCUT2D eigenvalue weighted by atomic mass is 16.5. The molecule has 3 N–H and O–H groups in total. The maximum absolute atomic E-state index is 9.64. The number of rotatable bonds is 9. The molecule has 0 aromatic heterocycles. The summed E-state index contributed by atoms with van der Waals surface area (Å²) < 4.78 is 10.3. The van der Waals surface area contributed by atoms with E-state index in [4.69, 9.17) is 14.6 Å². The van der Waals surface area contributed by atoms with Gasteiger partial charge in [-0.15, -0.1) is 0 Å². The van der Waals surface area contributed by atoms with E-state index in [2.05, 4.69) is 5.32 Å². The zero-order valence-electron chi connectivity index (χ0n) is 10.1. The molecule has 1 aliphatic rings. The van der Waals surface area contributed by atoms with Gasteiger partial charge in [0, 0.05) is 19.2 Å². The number of methoxy groups -OCH3 is 1. The molecule has 5 nitrogen and oxygen atoms in total. The van der Waals surface area contributed by atoms with Crippen LogP contribution in [-0.4, -0.2) is 61.4 Å². The third-order valence-corrected chi connectivity index (χ3v) is 2.84. The average Bonchev–Trinajstić information content (AvgIpc) is 3.05. The van der Waals surface area contributed by atoms with Crippen molar-refractivity contribution < 1.29 is 19.7 Å². The largest absolute Gasteiger partial charge is 0.394 e. The zero-order chi connectivity index (χ0) is 12.0. The Balaban J connectivity index is 2.04. The standard InChI is InChI=1S/C11H23NO4/c1-9(6-15-2)16-7-10(14)5-12-11(8-13)3-4-11/h9-10,12-14H,3-8H2,1-2H3. The lowest BCUT2D eigenvalue weighted by atomic mass is 10.2. The average molecular weight is 233 g/mol. The van der Waals surface area contributed by atoms with Gasteiger partial charge in [0.05, 0.1) is 32.0 Å². The Morgan fingerprint density at radius 3 is 2.56 bits per heavy atom. The van der Waals surface area contributed by atoms with Gasteiger partial charge < -0.3 is 25.0 Å². The third-order valence-electron chi connectivity index (χ3n) is 2.84. The first-order valence-corrected chi connectivity index (χ1v) is 5.76. The summed E-state index contributed by atoms with van der Waals surface area (Å²) in [6, 6.07) is 0. The van der Waals surface area contributed by atoms with E-state index in [0.29, 0.717) is 19.8 Å². The highest BCUT2D eigenvalue weighted by molar-refractivity contribution is 5.01. The van der Waals surface area contributed by atoms with E-state index in [9.17, 15) is 5.11 Å². The third kappa shape index (κ3) is 4.76. The van der Waals surface area contributed by atoms with Gasteiger partial charge in [-0.2, -0.15) is 0 Å². The molecule has 0 saturated heterocycles. The normalized spacial score (nSPS) is 21.8. The molecule has 0 aliphatic heterocycles. The van der Waals surface area contributed by atoms with Crippen LogP contribution in [0.5, 0.6) is 0 Å². The van der Waals surface area contributed by atoms with Crippen molar-refractivity contribution in [3.8, 4) is 0 Å². The van der Waals surface area contributed by atoms with Crippen molar-refractivity contribution in [1.82, 2.24) is 5.32 Å². The van der Waals surface area contributed by atoms with Gasteiger partial charge in [-0.3, -0.25) is 0 Å². The quantitative estimate of drug-likeness (QED) is 0.501. The number of hydrogen-bond donors (Lipinski definition) is 3. The summed E-state index contributed by atoms with van der Waals surface area (Å²) in [6.45, 7) is 3.32. The highest BCUT2D eigenvalue weighted by Gasteiger charge is 2.41. The lowest BCUT2D eigenvalue weighted by Crippen LogP contribution is -2.41. The van der Waals surface area contributed by atoms with Crippen molar-refractivity contribution in [3.63, 3.8) is 0 Å². The van der Waals surface area contributed by atoms with Gasteiger partial charge in [0.1, 0.15) is 0 Å². The van der Waals surface area contributed by atoms with Crippen LogP contribution in [0.25, 0.3) is 0 Å². The van der Waals surface area contributed by atoms with Crippen molar-refractivity contribution in [2.45, 2.75) is 37.5 Å². The highest BCUT2D eigenvalue weighted by Crippen LogP contribution is 2.34. The van der Waals surface area contributed by atoms with Crippen LogP contribution in [0.4, 0.5) is 0 Å². The molecule has 96 valence electrons. The predicted octanol–water partition coefficient (Wildman–Crippen LogP) is -0.487. The number of hydrogen-bond acceptors (Lipinski definition) is 5. The lowest BCUT2D eigenvalue weighted by Gasteiger charge is -2.19. The van der Waals surface area contributed by atoms with Crippen molar-refractivity contribution >= 4 is 0 Å². The van der Waals surface area contributed by atoms with Crippen molar-refractivity contribution in [3.05, 3.63) is 0 Å². The second-order valence-electron chi connectivity index (χ2n) is 4.57. The molecule has 1 fully saturated rings. The molecule has 1 saturated carbocycles. The lowest BCUT2D eigenvalue weighted by molar-refractivity contribution is -0.0321. The monoisotopic (exact) mass is 233 g/mol. The van der Waals surface area contributed by atoms with Crippen LogP contribution in [0.3, 0.4) is 0 Å². The fourth-order valence-corrected chi connectivity index (χ4v) is 1.49. The van der Waals surface area contributed by atoms with Crippen LogP contribution in [0, 0.1) is 0 Å². The van der Waals surface area contributed by atoms with Gasteiger partial charge in [0.15, 0.2) is 0 Å². The minimum Gasteiger partial charge on any atom is -0.394 e. The van der Waals surface area contributed by atoms with Gasteiger partial charge in [-0.25, -0.2) is 0 Å². The first kappa shape index (κ1) is 13.9. The number of ether oxygens (including phenoxy) is 2. The second kappa shape index (κ2) is 6.51. The first-order chi connectivity index (χ1) is 7.62. The maximum Gasteiger partial charge on any atom is 0.0898 e. The molecule has 0 aromatic rings. The van der Waals surface area contributed by atoms with E-state index in [1.54, 1.807) is 7.11 Å². The Morgan fingerprint density at radius 2 is 2.06 bits per heavy atom. The van der Waals surface area contributed by atoms with E-state index in [-0.39, 0.29) is 18.2 Å². The molecular weight excluding hydrogens is 210 g/mol. The van der Waals surface area contributed by atoms with Crippen LogP contribution in [0.2, 0.25) is 0 Å². The SMILES string of the molecule is COCC(C)OCC(O)CNC1(CO)CC1. The van der Waals surface area contributed by atoms with E-state index in [0.717, 1.165) is 12.8 Å². The molecule has 0 heterocycles. The summed E-state index contributed by atoms with van der Waals surface area (Å²) in [5.74, 6) is 0. The Kier molecular flexibility index (Phi) is 5.64. The van der Waals surface area contributed by atoms with Gasteiger partial charge in [0.2, 0.25) is 0 Å². The van der Waals surface area contributed by atoms with Crippen molar-refractivity contribution in [2.24, 2.45) is 0 Å². The summed E-state index contributed by atoms with van der Waals surface area (Å²) in [6.07, 6.45) is 1.42. The minimum absolute atomic E-state index is 0.00706. The molecule has 0 radical (unpaired) electrons. The van der Waals surface area contributed by atoms with Gasteiger partial charge in [-0.05, 0) is 19.8 Å².